The minimum absolute atomic E-state index is 0.0112. The molecule has 0 aliphatic carbocycles. The second-order valence-electron chi connectivity index (χ2n) is 6.15. The zero-order chi connectivity index (χ0) is 16.2. The van der Waals surface area contributed by atoms with Crippen LogP contribution in [0, 0.1) is 5.92 Å². The molecule has 0 bridgehead atoms. The number of carbonyl (C=O) groups excluding carboxylic acids is 1. The van der Waals surface area contributed by atoms with Gasteiger partial charge in [0.05, 0.1) is 6.54 Å². The maximum absolute atomic E-state index is 12.6. The van der Waals surface area contributed by atoms with Crippen molar-refractivity contribution in [2.24, 2.45) is 13.0 Å². The van der Waals surface area contributed by atoms with E-state index in [-0.39, 0.29) is 11.7 Å². The van der Waals surface area contributed by atoms with Crippen molar-refractivity contribution in [2.75, 3.05) is 13.1 Å². The summed E-state index contributed by atoms with van der Waals surface area (Å²) >= 11 is 0. The summed E-state index contributed by atoms with van der Waals surface area (Å²) in [6, 6.07) is 0. The third kappa shape index (κ3) is 3.67. The van der Waals surface area contributed by atoms with Crippen molar-refractivity contribution in [3.05, 3.63) is 29.9 Å². The van der Waals surface area contributed by atoms with Crippen LogP contribution in [0.25, 0.3) is 0 Å². The van der Waals surface area contributed by atoms with Gasteiger partial charge in [0.2, 0.25) is 11.7 Å². The number of likely N-dealkylation sites (tertiary alicyclic amines) is 1. The predicted octanol–water partition coefficient (Wildman–Crippen LogP) is 1.85. The molecular formula is C16H23N5O2. The van der Waals surface area contributed by atoms with E-state index in [4.69, 9.17) is 4.52 Å². The summed E-state index contributed by atoms with van der Waals surface area (Å²) < 4.78 is 7.09. The SMILES string of the molecule is CCCc1noc(CN2CCCC(C(=O)c3nccn3C)C2)n1. The highest BCUT2D eigenvalue weighted by Gasteiger charge is 2.29. The number of nitrogens with zero attached hydrogens (tertiary/aromatic N) is 5. The second-order valence-corrected chi connectivity index (χ2v) is 6.15. The summed E-state index contributed by atoms with van der Waals surface area (Å²) in [4.78, 5) is 23.4. The van der Waals surface area contributed by atoms with Crippen molar-refractivity contribution in [2.45, 2.75) is 39.2 Å². The Balaban J connectivity index is 1.61. The van der Waals surface area contributed by atoms with Gasteiger partial charge in [-0.1, -0.05) is 12.1 Å². The monoisotopic (exact) mass is 317 g/mol. The van der Waals surface area contributed by atoms with Gasteiger partial charge >= 0.3 is 0 Å². The van der Waals surface area contributed by atoms with Crippen molar-refractivity contribution >= 4 is 5.78 Å². The average molecular weight is 317 g/mol. The minimum Gasteiger partial charge on any atom is -0.338 e. The van der Waals surface area contributed by atoms with Crippen molar-refractivity contribution in [1.29, 1.82) is 0 Å². The number of aryl methyl sites for hydroxylation is 2. The number of Topliss-reactive ketones (excluding diaryl/α,β-unsaturated/α-hetero) is 1. The second kappa shape index (κ2) is 7.04. The van der Waals surface area contributed by atoms with Gasteiger partial charge in [0.25, 0.3) is 0 Å². The van der Waals surface area contributed by atoms with Crippen LogP contribution in [0.3, 0.4) is 0 Å². The van der Waals surface area contributed by atoms with Crippen LogP contribution in [0.4, 0.5) is 0 Å². The molecule has 1 unspecified atom stereocenters. The van der Waals surface area contributed by atoms with Gasteiger partial charge in [-0.15, -0.1) is 0 Å². The highest BCUT2D eigenvalue weighted by molar-refractivity contribution is 5.94. The molecular weight excluding hydrogens is 294 g/mol. The van der Waals surface area contributed by atoms with Crippen LogP contribution in [0.2, 0.25) is 0 Å². The Hall–Kier alpha value is -2.02. The fourth-order valence-corrected chi connectivity index (χ4v) is 3.07. The fraction of sp³-hybridized carbons (Fsp3) is 0.625. The first kappa shape index (κ1) is 15.9. The Kier molecular flexibility index (Phi) is 4.85. The molecule has 0 spiro atoms. The number of rotatable bonds is 6. The first-order chi connectivity index (χ1) is 11.2. The Morgan fingerprint density at radius 1 is 1.48 bits per heavy atom. The van der Waals surface area contributed by atoms with Crippen LogP contribution in [0.15, 0.2) is 16.9 Å². The molecule has 0 aromatic carbocycles. The van der Waals surface area contributed by atoms with E-state index in [1.54, 1.807) is 10.8 Å². The molecule has 3 rings (SSSR count). The molecule has 124 valence electrons. The van der Waals surface area contributed by atoms with Gasteiger partial charge in [-0.3, -0.25) is 9.69 Å². The van der Waals surface area contributed by atoms with Gasteiger partial charge in [-0.25, -0.2) is 4.98 Å². The molecule has 2 aromatic heterocycles. The standard InChI is InChI=1S/C16H23N5O2/c1-3-5-13-18-14(23-19-13)11-21-8-4-6-12(10-21)15(22)16-17-7-9-20(16)2/h7,9,12H,3-6,8,10-11H2,1-2H3. The lowest BCUT2D eigenvalue weighted by Gasteiger charge is -2.30. The van der Waals surface area contributed by atoms with Crippen molar-refractivity contribution < 1.29 is 9.32 Å². The predicted molar refractivity (Wildman–Crippen MR) is 83.8 cm³/mol. The van der Waals surface area contributed by atoms with Crippen LogP contribution in [0.1, 0.15) is 48.5 Å². The number of hydrogen-bond donors (Lipinski definition) is 0. The van der Waals surface area contributed by atoms with Gasteiger partial charge in [0, 0.05) is 38.3 Å². The molecule has 3 heterocycles. The van der Waals surface area contributed by atoms with E-state index in [1.807, 2.05) is 13.2 Å². The van der Waals surface area contributed by atoms with E-state index in [0.717, 1.165) is 44.6 Å². The van der Waals surface area contributed by atoms with Crippen LogP contribution >= 0.6 is 0 Å². The number of imidazole rings is 1. The molecule has 0 amide bonds. The Morgan fingerprint density at radius 3 is 3.09 bits per heavy atom. The van der Waals surface area contributed by atoms with Crippen molar-refractivity contribution in [1.82, 2.24) is 24.6 Å². The quantitative estimate of drug-likeness (QED) is 0.757. The summed E-state index contributed by atoms with van der Waals surface area (Å²) in [5.41, 5.74) is 0. The van der Waals surface area contributed by atoms with E-state index in [2.05, 4.69) is 26.9 Å². The number of hydrogen-bond acceptors (Lipinski definition) is 6. The number of piperidine rings is 1. The molecule has 0 radical (unpaired) electrons. The third-order valence-corrected chi connectivity index (χ3v) is 4.26. The molecule has 23 heavy (non-hydrogen) atoms. The third-order valence-electron chi connectivity index (χ3n) is 4.26. The number of ketones is 1. The normalized spacial score (nSPS) is 19.1. The Morgan fingerprint density at radius 2 is 2.35 bits per heavy atom. The lowest BCUT2D eigenvalue weighted by Crippen LogP contribution is -2.39. The molecule has 2 aromatic rings. The van der Waals surface area contributed by atoms with Gasteiger partial charge in [0.1, 0.15) is 0 Å². The van der Waals surface area contributed by atoms with Crippen LogP contribution in [0.5, 0.6) is 0 Å². The van der Waals surface area contributed by atoms with E-state index in [0.29, 0.717) is 18.3 Å². The summed E-state index contributed by atoms with van der Waals surface area (Å²) in [6.07, 6.45) is 7.22. The maximum atomic E-state index is 12.6. The molecule has 7 nitrogen and oxygen atoms in total. The number of aromatic nitrogens is 4. The van der Waals surface area contributed by atoms with Gasteiger partial charge in [-0.05, 0) is 25.8 Å². The summed E-state index contributed by atoms with van der Waals surface area (Å²) in [5.74, 6) is 2.06. The van der Waals surface area contributed by atoms with Gasteiger partial charge in [-0.2, -0.15) is 4.98 Å². The highest BCUT2D eigenvalue weighted by atomic mass is 16.5. The van der Waals surface area contributed by atoms with Crippen molar-refractivity contribution in [3.8, 4) is 0 Å². The van der Waals surface area contributed by atoms with Crippen LogP contribution in [-0.4, -0.2) is 43.5 Å². The zero-order valence-electron chi connectivity index (χ0n) is 13.7. The maximum Gasteiger partial charge on any atom is 0.240 e. The summed E-state index contributed by atoms with van der Waals surface area (Å²) in [5, 5.41) is 3.98. The first-order valence-electron chi connectivity index (χ1n) is 8.22. The lowest BCUT2D eigenvalue weighted by molar-refractivity contribution is 0.0783. The van der Waals surface area contributed by atoms with E-state index < -0.39 is 0 Å². The van der Waals surface area contributed by atoms with Crippen molar-refractivity contribution in [3.63, 3.8) is 0 Å². The van der Waals surface area contributed by atoms with Gasteiger partial charge < -0.3 is 9.09 Å². The Bertz CT molecular complexity index is 663. The highest BCUT2D eigenvalue weighted by Crippen LogP contribution is 2.21. The van der Waals surface area contributed by atoms with Crippen LogP contribution < -0.4 is 0 Å². The van der Waals surface area contributed by atoms with E-state index in [9.17, 15) is 4.79 Å². The van der Waals surface area contributed by atoms with E-state index in [1.165, 1.54) is 0 Å². The van der Waals surface area contributed by atoms with Crippen LogP contribution in [-0.2, 0) is 20.0 Å². The summed E-state index contributed by atoms with van der Waals surface area (Å²) in [7, 11) is 1.86. The minimum atomic E-state index is -0.0112. The van der Waals surface area contributed by atoms with E-state index >= 15 is 0 Å². The topological polar surface area (TPSA) is 77.0 Å². The molecule has 1 saturated heterocycles. The molecule has 0 saturated carbocycles. The molecule has 1 aliphatic rings. The average Bonchev–Trinajstić information content (AvgIpc) is 3.16. The van der Waals surface area contributed by atoms with Gasteiger partial charge in [0.15, 0.2) is 11.6 Å². The largest absolute Gasteiger partial charge is 0.338 e. The Labute approximate surface area is 135 Å². The molecule has 1 atom stereocenters. The number of carbonyl (C=O) groups is 1. The molecule has 0 N–H and O–H groups in total. The molecule has 1 aliphatic heterocycles. The molecule has 7 heteroatoms. The first-order valence-corrected chi connectivity index (χ1v) is 8.22. The summed E-state index contributed by atoms with van der Waals surface area (Å²) in [6.45, 7) is 4.38. The smallest absolute Gasteiger partial charge is 0.240 e. The zero-order valence-corrected chi connectivity index (χ0v) is 13.7. The lowest BCUT2D eigenvalue weighted by atomic mass is 9.93. The fourth-order valence-electron chi connectivity index (χ4n) is 3.07. The molecule has 1 fully saturated rings.